The molecule has 1 amide bonds. The van der Waals surface area contributed by atoms with Gasteiger partial charge in [0.15, 0.2) is 12.4 Å². The molecule has 29 heavy (non-hydrogen) atoms. The SMILES string of the molecule is CC(=O)[C@@H](Cc1ccccc1)NC(=O)COC(=O)Cc1coc2cc(C)ccc12. The predicted octanol–water partition coefficient (Wildman–Crippen LogP) is 3.14. The fourth-order valence-electron chi connectivity index (χ4n) is 3.06. The molecule has 6 heteroatoms. The van der Waals surface area contributed by atoms with E-state index in [0.29, 0.717) is 17.6 Å². The van der Waals surface area contributed by atoms with Crippen LogP contribution in [0.25, 0.3) is 11.0 Å². The number of ether oxygens (including phenoxy) is 1. The number of aryl methyl sites for hydroxylation is 1. The van der Waals surface area contributed by atoms with Crippen molar-refractivity contribution < 1.29 is 23.5 Å². The molecule has 0 saturated heterocycles. The van der Waals surface area contributed by atoms with E-state index in [4.69, 9.17) is 9.15 Å². The van der Waals surface area contributed by atoms with E-state index in [-0.39, 0.29) is 12.2 Å². The molecule has 6 nitrogen and oxygen atoms in total. The molecule has 0 bridgehead atoms. The number of furan rings is 1. The fraction of sp³-hybridized carbons (Fsp3) is 0.261. The van der Waals surface area contributed by atoms with Gasteiger partial charge in [-0.15, -0.1) is 0 Å². The van der Waals surface area contributed by atoms with Gasteiger partial charge in [-0.3, -0.25) is 14.4 Å². The number of Topliss-reactive ketones (excluding diaryl/α,β-unsaturated/α-hetero) is 1. The van der Waals surface area contributed by atoms with Gasteiger partial charge in [-0.25, -0.2) is 0 Å². The van der Waals surface area contributed by atoms with Crippen LogP contribution in [0.15, 0.2) is 59.2 Å². The number of nitrogens with one attached hydrogen (secondary N) is 1. The van der Waals surface area contributed by atoms with E-state index in [2.05, 4.69) is 5.32 Å². The fourth-order valence-corrected chi connectivity index (χ4v) is 3.06. The van der Waals surface area contributed by atoms with Crippen molar-refractivity contribution in [3.63, 3.8) is 0 Å². The van der Waals surface area contributed by atoms with E-state index < -0.39 is 24.5 Å². The van der Waals surface area contributed by atoms with Gasteiger partial charge in [-0.2, -0.15) is 0 Å². The first kappa shape index (κ1) is 20.3. The van der Waals surface area contributed by atoms with Crippen LogP contribution in [-0.4, -0.2) is 30.3 Å². The van der Waals surface area contributed by atoms with Crippen molar-refractivity contribution in [2.75, 3.05) is 6.61 Å². The summed E-state index contributed by atoms with van der Waals surface area (Å²) in [6, 6.07) is 14.5. The lowest BCUT2D eigenvalue weighted by Crippen LogP contribution is -2.43. The molecule has 3 aromatic rings. The van der Waals surface area contributed by atoms with E-state index in [1.807, 2.05) is 55.5 Å². The standard InChI is InChI=1S/C23H23NO5/c1-15-8-9-19-18(13-28-21(19)10-15)12-23(27)29-14-22(26)24-20(16(2)25)11-17-6-4-3-5-7-17/h3-10,13,20H,11-12,14H2,1-2H3,(H,24,26)/t20-/m1/s1. The van der Waals surface area contributed by atoms with Crippen LogP contribution in [0.4, 0.5) is 0 Å². The number of benzene rings is 2. The molecular weight excluding hydrogens is 370 g/mol. The van der Waals surface area contributed by atoms with Crippen molar-refractivity contribution in [2.24, 2.45) is 0 Å². The number of carbonyl (C=O) groups is 3. The van der Waals surface area contributed by atoms with Crippen LogP contribution in [0.2, 0.25) is 0 Å². The molecule has 2 aromatic carbocycles. The molecule has 0 fully saturated rings. The normalized spacial score (nSPS) is 11.8. The third-order valence-corrected chi connectivity index (χ3v) is 4.62. The van der Waals surface area contributed by atoms with Gasteiger partial charge in [-0.1, -0.05) is 42.5 Å². The van der Waals surface area contributed by atoms with Crippen LogP contribution in [0.1, 0.15) is 23.6 Å². The highest BCUT2D eigenvalue weighted by atomic mass is 16.5. The molecule has 3 rings (SSSR count). The lowest BCUT2D eigenvalue weighted by atomic mass is 10.0. The number of amides is 1. The van der Waals surface area contributed by atoms with E-state index in [1.165, 1.54) is 13.2 Å². The summed E-state index contributed by atoms with van der Waals surface area (Å²) in [4.78, 5) is 36.1. The Hall–Kier alpha value is -3.41. The molecule has 1 aromatic heterocycles. The summed E-state index contributed by atoms with van der Waals surface area (Å²) in [7, 11) is 0. The number of hydrogen-bond donors (Lipinski definition) is 1. The zero-order chi connectivity index (χ0) is 20.8. The summed E-state index contributed by atoms with van der Waals surface area (Å²) in [5.41, 5.74) is 3.41. The number of fused-ring (bicyclic) bond motifs is 1. The third kappa shape index (κ3) is 5.54. The topological polar surface area (TPSA) is 85.6 Å². The van der Waals surface area contributed by atoms with Gasteiger partial charge in [0.25, 0.3) is 5.91 Å². The molecule has 1 heterocycles. The van der Waals surface area contributed by atoms with Crippen LogP contribution in [-0.2, 0) is 32.0 Å². The Labute approximate surface area is 168 Å². The Morgan fingerprint density at radius 1 is 1.10 bits per heavy atom. The average molecular weight is 393 g/mol. The van der Waals surface area contributed by atoms with Crippen molar-refractivity contribution in [2.45, 2.75) is 32.7 Å². The van der Waals surface area contributed by atoms with Crippen molar-refractivity contribution >= 4 is 28.6 Å². The Kier molecular flexibility index (Phi) is 6.44. The molecule has 1 atom stereocenters. The lowest BCUT2D eigenvalue weighted by molar-refractivity contribution is -0.148. The number of esters is 1. The number of ketones is 1. The van der Waals surface area contributed by atoms with E-state index >= 15 is 0 Å². The van der Waals surface area contributed by atoms with Gasteiger partial charge in [0, 0.05) is 10.9 Å². The molecule has 0 aliphatic heterocycles. The van der Waals surface area contributed by atoms with Gasteiger partial charge >= 0.3 is 5.97 Å². The molecule has 1 N–H and O–H groups in total. The largest absolute Gasteiger partial charge is 0.464 e. The highest BCUT2D eigenvalue weighted by molar-refractivity contribution is 5.90. The second-order valence-electron chi connectivity index (χ2n) is 7.02. The summed E-state index contributed by atoms with van der Waals surface area (Å²) in [6.45, 7) is 2.94. The maximum absolute atomic E-state index is 12.1. The van der Waals surface area contributed by atoms with Gasteiger partial charge < -0.3 is 14.5 Å². The minimum absolute atomic E-state index is 0.00347. The van der Waals surface area contributed by atoms with Crippen molar-refractivity contribution in [1.29, 1.82) is 0 Å². The molecule has 0 unspecified atom stereocenters. The summed E-state index contributed by atoms with van der Waals surface area (Å²) < 4.78 is 10.5. The Morgan fingerprint density at radius 3 is 2.59 bits per heavy atom. The molecule has 150 valence electrons. The molecular formula is C23H23NO5. The number of carbonyl (C=O) groups excluding carboxylic acids is 3. The first-order chi connectivity index (χ1) is 13.9. The molecule has 0 aliphatic rings. The van der Waals surface area contributed by atoms with Crippen LogP contribution in [0.3, 0.4) is 0 Å². The monoisotopic (exact) mass is 393 g/mol. The van der Waals surface area contributed by atoms with Gasteiger partial charge in [0.1, 0.15) is 5.58 Å². The quantitative estimate of drug-likeness (QED) is 0.594. The Bertz CT molecular complexity index is 1020. The maximum atomic E-state index is 12.1. The van der Waals surface area contributed by atoms with Gasteiger partial charge in [0.05, 0.1) is 18.7 Å². The molecule has 0 spiro atoms. The number of rotatable bonds is 8. The zero-order valence-corrected chi connectivity index (χ0v) is 16.4. The molecule has 0 radical (unpaired) electrons. The van der Waals surface area contributed by atoms with Crippen LogP contribution in [0, 0.1) is 6.92 Å². The highest BCUT2D eigenvalue weighted by Crippen LogP contribution is 2.22. The summed E-state index contributed by atoms with van der Waals surface area (Å²) in [5, 5.41) is 3.47. The van der Waals surface area contributed by atoms with Gasteiger partial charge in [0.2, 0.25) is 0 Å². The summed E-state index contributed by atoms with van der Waals surface area (Å²) in [5.74, 6) is -1.21. The minimum Gasteiger partial charge on any atom is -0.464 e. The summed E-state index contributed by atoms with van der Waals surface area (Å²) in [6.07, 6.45) is 1.91. The third-order valence-electron chi connectivity index (χ3n) is 4.62. The molecule has 0 aliphatic carbocycles. The minimum atomic E-state index is -0.662. The lowest BCUT2D eigenvalue weighted by Gasteiger charge is -2.16. The van der Waals surface area contributed by atoms with E-state index in [1.54, 1.807) is 0 Å². The maximum Gasteiger partial charge on any atom is 0.310 e. The van der Waals surface area contributed by atoms with E-state index in [0.717, 1.165) is 16.5 Å². The van der Waals surface area contributed by atoms with Crippen LogP contribution < -0.4 is 5.32 Å². The average Bonchev–Trinajstić information content (AvgIpc) is 3.08. The smallest absolute Gasteiger partial charge is 0.310 e. The molecule has 0 saturated carbocycles. The second-order valence-corrected chi connectivity index (χ2v) is 7.02. The van der Waals surface area contributed by atoms with Crippen LogP contribution in [0.5, 0.6) is 0 Å². The number of hydrogen-bond acceptors (Lipinski definition) is 5. The van der Waals surface area contributed by atoms with Crippen LogP contribution >= 0.6 is 0 Å². The van der Waals surface area contributed by atoms with Crippen molar-refractivity contribution in [1.82, 2.24) is 5.32 Å². The second kappa shape index (κ2) is 9.19. The van der Waals surface area contributed by atoms with E-state index in [9.17, 15) is 14.4 Å². The Balaban J connectivity index is 1.52. The first-order valence-electron chi connectivity index (χ1n) is 9.38. The Morgan fingerprint density at radius 2 is 1.86 bits per heavy atom. The highest BCUT2D eigenvalue weighted by Gasteiger charge is 2.19. The predicted molar refractivity (Wildman–Crippen MR) is 108 cm³/mol. The first-order valence-corrected chi connectivity index (χ1v) is 9.38. The van der Waals surface area contributed by atoms with Crippen molar-refractivity contribution in [3.05, 3.63) is 71.5 Å². The summed E-state index contributed by atoms with van der Waals surface area (Å²) >= 11 is 0. The van der Waals surface area contributed by atoms with Gasteiger partial charge in [-0.05, 0) is 37.5 Å². The van der Waals surface area contributed by atoms with Crippen molar-refractivity contribution in [3.8, 4) is 0 Å². The zero-order valence-electron chi connectivity index (χ0n) is 16.4.